The standard InChI is InChI=1S/C20H25ClFNO3/c1-25-20-11-15(13-23-9-3-2-4-10-24)5-8-19(20)26-14-16-6-7-17(22)12-18(16)21/h5-8,11-12,23-24H,2-4,9-10,13-14H2,1H3. The molecule has 0 fully saturated rings. The van der Waals surface area contributed by atoms with E-state index in [4.69, 9.17) is 26.2 Å². The van der Waals surface area contributed by atoms with Crippen molar-refractivity contribution in [1.82, 2.24) is 5.32 Å². The summed E-state index contributed by atoms with van der Waals surface area (Å²) in [6.07, 6.45) is 2.91. The molecule has 0 aliphatic rings. The quantitative estimate of drug-likeness (QED) is 0.569. The lowest BCUT2D eigenvalue weighted by Crippen LogP contribution is -2.14. The number of benzene rings is 2. The van der Waals surface area contributed by atoms with Crippen LogP contribution in [0.1, 0.15) is 30.4 Å². The average molecular weight is 382 g/mol. The van der Waals surface area contributed by atoms with E-state index < -0.39 is 0 Å². The molecule has 26 heavy (non-hydrogen) atoms. The van der Waals surface area contributed by atoms with Crippen LogP contribution in [0.3, 0.4) is 0 Å². The maximum atomic E-state index is 13.1. The summed E-state index contributed by atoms with van der Waals surface area (Å²) in [5.41, 5.74) is 1.81. The number of aliphatic hydroxyl groups is 1. The fourth-order valence-corrected chi connectivity index (χ4v) is 2.73. The molecule has 0 saturated heterocycles. The highest BCUT2D eigenvalue weighted by Gasteiger charge is 2.08. The van der Waals surface area contributed by atoms with Gasteiger partial charge in [0.15, 0.2) is 11.5 Å². The van der Waals surface area contributed by atoms with Crippen molar-refractivity contribution in [2.75, 3.05) is 20.3 Å². The van der Waals surface area contributed by atoms with E-state index in [-0.39, 0.29) is 19.0 Å². The third-order valence-corrected chi connectivity index (χ3v) is 4.32. The van der Waals surface area contributed by atoms with E-state index in [0.717, 1.165) is 37.9 Å². The molecular formula is C20H25ClFNO3. The van der Waals surface area contributed by atoms with Gasteiger partial charge in [-0.05, 0) is 55.6 Å². The minimum absolute atomic E-state index is 0.234. The van der Waals surface area contributed by atoms with Crippen LogP contribution in [0, 0.1) is 5.82 Å². The Morgan fingerprint density at radius 1 is 1.08 bits per heavy atom. The number of aliphatic hydroxyl groups excluding tert-OH is 1. The van der Waals surface area contributed by atoms with Crippen LogP contribution >= 0.6 is 11.6 Å². The van der Waals surface area contributed by atoms with Crippen molar-refractivity contribution >= 4 is 11.6 Å². The van der Waals surface area contributed by atoms with Gasteiger partial charge in [-0.2, -0.15) is 0 Å². The Morgan fingerprint density at radius 2 is 1.92 bits per heavy atom. The van der Waals surface area contributed by atoms with Gasteiger partial charge in [0, 0.05) is 18.7 Å². The molecule has 2 N–H and O–H groups in total. The summed E-state index contributed by atoms with van der Waals surface area (Å²) < 4.78 is 24.3. The second-order valence-electron chi connectivity index (χ2n) is 5.97. The van der Waals surface area contributed by atoms with E-state index in [1.165, 1.54) is 12.1 Å². The van der Waals surface area contributed by atoms with E-state index in [2.05, 4.69) is 5.32 Å². The Balaban J connectivity index is 1.89. The number of halogens is 2. The molecule has 142 valence electrons. The van der Waals surface area contributed by atoms with Crippen LogP contribution in [-0.2, 0) is 13.2 Å². The Bertz CT molecular complexity index is 697. The Labute approximate surface area is 158 Å². The second kappa shape index (κ2) is 11.0. The predicted molar refractivity (Wildman–Crippen MR) is 101 cm³/mol. The van der Waals surface area contributed by atoms with Crippen LogP contribution < -0.4 is 14.8 Å². The predicted octanol–water partition coefficient (Wildman–Crippen LogP) is 4.32. The largest absolute Gasteiger partial charge is 0.493 e. The highest BCUT2D eigenvalue weighted by molar-refractivity contribution is 6.31. The van der Waals surface area contributed by atoms with E-state index in [0.29, 0.717) is 22.1 Å². The zero-order valence-electron chi connectivity index (χ0n) is 14.9. The van der Waals surface area contributed by atoms with E-state index in [9.17, 15) is 4.39 Å². The lowest BCUT2D eigenvalue weighted by Gasteiger charge is -2.13. The second-order valence-corrected chi connectivity index (χ2v) is 6.38. The highest BCUT2D eigenvalue weighted by Crippen LogP contribution is 2.29. The Hall–Kier alpha value is -1.82. The molecule has 0 atom stereocenters. The topological polar surface area (TPSA) is 50.7 Å². The third kappa shape index (κ3) is 6.48. The first-order chi connectivity index (χ1) is 12.6. The van der Waals surface area contributed by atoms with Crippen molar-refractivity contribution in [1.29, 1.82) is 0 Å². The number of nitrogens with one attached hydrogen (secondary N) is 1. The molecule has 0 aliphatic heterocycles. The normalized spacial score (nSPS) is 10.8. The monoisotopic (exact) mass is 381 g/mol. The summed E-state index contributed by atoms with van der Waals surface area (Å²) in [6, 6.07) is 10.0. The first-order valence-electron chi connectivity index (χ1n) is 8.69. The van der Waals surface area contributed by atoms with Crippen molar-refractivity contribution in [2.45, 2.75) is 32.4 Å². The van der Waals surface area contributed by atoms with Crippen molar-refractivity contribution in [3.8, 4) is 11.5 Å². The van der Waals surface area contributed by atoms with Crippen LogP contribution in [0.25, 0.3) is 0 Å². The molecule has 0 spiro atoms. The average Bonchev–Trinajstić information content (AvgIpc) is 2.64. The van der Waals surface area contributed by atoms with Gasteiger partial charge in [-0.25, -0.2) is 4.39 Å². The van der Waals surface area contributed by atoms with Gasteiger partial charge in [0.05, 0.1) is 12.1 Å². The molecule has 2 aromatic carbocycles. The maximum absolute atomic E-state index is 13.1. The van der Waals surface area contributed by atoms with Crippen LogP contribution in [0.4, 0.5) is 4.39 Å². The summed E-state index contributed by atoms with van der Waals surface area (Å²) in [4.78, 5) is 0. The van der Waals surface area contributed by atoms with Gasteiger partial charge in [-0.3, -0.25) is 0 Å². The molecule has 0 unspecified atom stereocenters. The molecule has 6 heteroatoms. The van der Waals surface area contributed by atoms with Crippen LogP contribution in [0.5, 0.6) is 11.5 Å². The lowest BCUT2D eigenvalue weighted by molar-refractivity contribution is 0.282. The Kier molecular flexibility index (Phi) is 8.68. The van der Waals surface area contributed by atoms with Gasteiger partial charge in [0.2, 0.25) is 0 Å². The molecule has 2 rings (SSSR count). The number of ether oxygens (including phenoxy) is 2. The first kappa shape index (κ1) is 20.5. The third-order valence-electron chi connectivity index (χ3n) is 3.97. The summed E-state index contributed by atoms with van der Waals surface area (Å²) in [5.74, 6) is 0.881. The molecule has 2 aromatic rings. The molecule has 0 bridgehead atoms. The van der Waals surface area contributed by atoms with Gasteiger partial charge >= 0.3 is 0 Å². The van der Waals surface area contributed by atoms with Gasteiger partial charge in [-0.15, -0.1) is 0 Å². The molecule has 0 aromatic heterocycles. The summed E-state index contributed by atoms with van der Waals surface area (Å²) in [7, 11) is 1.60. The molecule has 0 amide bonds. The van der Waals surface area contributed by atoms with Gasteiger partial charge in [0.1, 0.15) is 12.4 Å². The number of methoxy groups -OCH3 is 1. The summed E-state index contributed by atoms with van der Waals surface area (Å²) in [5, 5.41) is 12.5. The SMILES string of the molecule is COc1cc(CNCCCCCO)ccc1OCc1ccc(F)cc1Cl. The molecule has 0 aliphatic carbocycles. The maximum Gasteiger partial charge on any atom is 0.161 e. The highest BCUT2D eigenvalue weighted by atomic mass is 35.5. The smallest absolute Gasteiger partial charge is 0.161 e. The number of hydrogen-bond acceptors (Lipinski definition) is 4. The lowest BCUT2D eigenvalue weighted by atomic mass is 10.2. The number of rotatable bonds is 11. The molecule has 0 saturated carbocycles. The summed E-state index contributed by atoms with van der Waals surface area (Å²) >= 11 is 6.02. The van der Waals surface area contributed by atoms with Crippen molar-refractivity contribution in [2.24, 2.45) is 0 Å². The van der Waals surface area contributed by atoms with Crippen LogP contribution in [0.2, 0.25) is 5.02 Å². The number of unbranched alkanes of at least 4 members (excludes halogenated alkanes) is 2. The van der Waals surface area contributed by atoms with E-state index in [1.54, 1.807) is 13.2 Å². The van der Waals surface area contributed by atoms with Crippen molar-refractivity contribution < 1.29 is 19.0 Å². The van der Waals surface area contributed by atoms with Gasteiger partial charge in [0.25, 0.3) is 0 Å². The molecule has 0 radical (unpaired) electrons. The molecule has 0 heterocycles. The van der Waals surface area contributed by atoms with Crippen LogP contribution in [0.15, 0.2) is 36.4 Å². The minimum Gasteiger partial charge on any atom is -0.493 e. The fourth-order valence-electron chi connectivity index (χ4n) is 2.51. The Morgan fingerprint density at radius 3 is 2.65 bits per heavy atom. The fraction of sp³-hybridized carbons (Fsp3) is 0.400. The number of hydrogen-bond donors (Lipinski definition) is 2. The van der Waals surface area contributed by atoms with E-state index >= 15 is 0 Å². The van der Waals surface area contributed by atoms with Crippen molar-refractivity contribution in [3.05, 3.63) is 58.4 Å². The zero-order chi connectivity index (χ0) is 18.8. The first-order valence-corrected chi connectivity index (χ1v) is 9.07. The van der Waals surface area contributed by atoms with E-state index in [1.807, 2.05) is 18.2 Å². The van der Waals surface area contributed by atoms with Gasteiger partial charge in [-0.1, -0.05) is 23.7 Å². The van der Waals surface area contributed by atoms with Gasteiger partial charge < -0.3 is 19.9 Å². The van der Waals surface area contributed by atoms with Crippen molar-refractivity contribution in [3.63, 3.8) is 0 Å². The van der Waals surface area contributed by atoms with Crippen LogP contribution in [-0.4, -0.2) is 25.4 Å². The minimum atomic E-state index is -0.371. The molecular weight excluding hydrogens is 357 g/mol. The summed E-state index contributed by atoms with van der Waals surface area (Å²) in [6.45, 7) is 2.13. The zero-order valence-corrected chi connectivity index (χ0v) is 15.7. The molecule has 4 nitrogen and oxygen atoms in total.